The molecular formula is C40H36N4Si. The van der Waals surface area contributed by atoms with E-state index in [0.29, 0.717) is 0 Å². The van der Waals surface area contributed by atoms with Gasteiger partial charge in [0, 0.05) is 22.7 Å². The first kappa shape index (κ1) is 27.3. The van der Waals surface area contributed by atoms with Gasteiger partial charge >= 0.3 is 8.72 Å². The zero-order valence-corrected chi connectivity index (χ0v) is 27.1. The Balaban J connectivity index is 1.55. The molecule has 0 saturated carbocycles. The maximum atomic E-state index is 2.67. The second-order valence-electron chi connectivity index (χ2n) is 12.3. The Bertz CT molecular complexity index is 1700. The van der Waals surface area contributed by atoms with Gasteiger partial charge in [-0.15, -0.1) is 0 Å². The highest BCUT2D eigenvalue weighted by molar-refractivity contribution is 6.99. The molecule has 2 heterocycles. The number of hydrogen-bond acceptors (Lipinski definition) is 4. The summed E-state index contributed by atoms with van der Waals surface area (Å²) < 4.78 is 10.7. The molecule has 0 aromatic heterocycles. The summed E-state index contributed by atoms with van der Waals surface area (Å²) in [5.41, 5.74) is 14.5. The number of anilines is 8. The SMILES string of the molecule is Cc1ccc(N2c3ccccc3N(c3ccc(C)cc3)[Si]23N(c2ccc(C)cc2)c2ccccc2N3c2ccc(C)cc2)cc1. The summed E-state index contributed by atoms with van der Waals surface area (Å²) in [6.45, 7) is 8.65. The zero-order chi connectivity index (χ0) is 30.7. The van der Waals surface area contributed by atoms with E-state index in [1.807, 2.05) is 0 Å². The molecule has 6 aromatic rings. The maximum absolute atomic E-state index is 3.30. The zero-order valence-electron chi connectivity index (χ0n) is 26.1. The summed E-state index contributed by atoms with van der Waals surface area (Å²) >= 11 is 0. The fraction of sp³-hybridized carbons (Fsp3) is 0.100. The van der Waals surface area contributed by atoms with E-state index in [2.05, 4.69) is 192 Å². The van der Waals surface area contributed by atoms with E-state index in [9.17, 15) is 0 Å². The predicted molar refractivity (Wildman–Crippen MR) is 192 cm³/mol. The van der Waals surface area contributed by atoms with Crippen LogP contribution in [0.25, 0.3) is 0 Å². The summed E-state index contributed by atoms with van der Waals surface area (Å²) in [5.74, 6) is 0. The third-order valence-corrected chi connectivity index (χ3v) is 13.5. The lowest BCUT2D eigenvalue weighted by atomic mass is 10.2. The van der Waals surface area contributed by atoms with Crippen LogP contribution in [0.1, 0.15) is 22.3 Å². The number of aryl methyl sites for hydroxylation is 4. The van der Waals surface area contributed by atoms with Crippen molar-refractivity contribution >= 4 is 54.2 Å². The number of para-hydroxylation sites is 4. The fourth-order valence-corrected chi connectivity index (χ4v) is 12.2. The molecule has 0 unspecified atom stereocenters. The molecule has 2 aliphatic rings. The van der Waals surface area contributed by atoms with Crippen LogP contribution in [0.5, 0.6) is 0 Å². The van der Waals surface area contributed by atoms with Gasteiger partial charge in [0.05, 0.1) is 22.7 Å². The van der Waals surface area contributed by atoms with Crippen LogP contribution in [-0.4, -0.2) is 8.72 Å². The van der Waals surface area contributed by atoms with Gasteiger partial charge in [0.2, 0.25) is 0 Å². The van der Waals surface area contributed by atoms with Crippen molar-refractivity contribution in [2.75, 3.05) is 18.3 Å². The molecule has 0 aliphatic carbocycles. The molecule has 0 atom stereocenters. The van der Waals surface area contributed by atoms with Crippen molar-refractivity contribution in [2.45, 2.75) is 27.7 Å². The number of rotatable bonds is 4. The van der Waals surface area contributed by atoms with Crippen molar-refractivity contribution < 1.29 is 0 Å². The van der Waals surface area contributed by atoms with Crippen molar-refractivity contribution in [2.24, 2.45) is 0 Å². The van der Waals surface area contributed by atoms with Crippen LogP contribution in [0, 0.1) is 27.7 Å². The molecule has 220 valence electrons. The van der Waals surface area contributed by atoms with E-state index in [4.69, 9.17) is 0 Å². The van der Waals surface area contributed by atoms with Crippen LogP contribution in [0.2, 0.25) is 0 Å². The average molecular weight is 601 g/mol. The Morgan fingerprint density at radius 3 is 0.689 bits per heavy atom. The quantitative estimate of drug-likeness (QED) is 0.187. The highest BCUT2D eigenvalue weighted by Gasteiger charge is 2.69. The van der Waals surface area contributed by atoms with Gasteiger partial charge in [-0.05, 0) is 100 Å². The number of fused-ring (bicyclic) bond motifs is 2. The summed E-state index contributed by atoms with van der Waals surface area (Å²) in [4.78, 5) is 0. The van der Waals surface area contributed by atoms with E-state index >= 15 is 0 Å². The molecule has 6 aromatic carbocycles. The van der Waals surface area contributed by atoms with Crippen LogP contribution in [0.4, 0.5) is 45.5 Å². The minimum atomic E-state index is -3.30. The standard InChI is InChI=1S/C40H36N4Si/c1-29-13-21-33(22-14-29)41-37-9-5-6-10-38(37)42(34-23-15-30(2)16-24-34)45(41)43(35-25-17-31(3)18-26-35)39-11-7-8-12-40(39)44(45)36-27-19-32(4)20-28-36/h5-28H,1-4H3. The van der Waals surface area contributed by atoms with Crippen molar-refractivity contribution in [1.29, 1.82) is 0 Å². The van der Waals surface area contributed by atoms with E-state index in [1.165, 1.54) is 67.8 Å². The highest BCUT2D eigenvalue weighted by atomic mass is 28.4. The highest BCUT2D eigenvalue weighted by Crippen LogP contribution is 2.61. The number of nitrogens with zero attached hydrogens (tertiary/aromatic N) is 4. The Morgan fingerprint density at radius 1 is 0.289 bits per heavy atom. The third kappa shape index (κ3) is 4.11. The molecule has 0 N–H and O–H groups in total. The van der Waals surface area contributed by atoms with Crippen LogP contribution in [-0.2, 0) is 0 Å². The molecule has 0 fully saturated rings. The Kier molecular flexibility index (Phi) is 6.32. The molecule has 5 heteroatoms. The van der Waals surface area contributed by atoms with Crippen LogP contribution in [0.15, 0.2) is 146 Å². The predicted octanol–water partition coefficient (Wildman–Crippen LogP) is 10.6. The van der Waals surface area contributed by atoms with E-state index in [-0.39, 0.29) is 0 Å². The molecule has 2 aliphatic heterocycles. The lowest BCUT2D eigenvalue weighted by Gasteiger charge is -2.49. The van der Waals surface area contributed by atoms with Crippen molar-refractivity contribution in [3.63, 3.8) is 0 Å². The third-order valence-electron chi connectivity index (χ3n) is 9.10. The monoisotopic (exact) mass is 600 g/mol. The lowest BCUT2D eigenvalue weighted by Crippen LogP contribution is -2.76. The first-order chi connectivity index (χ1) is 22.0. The second-order valence-corrected chi connectivity index (χ2v) is 15.3. The van der Waals surface area contributed by atoms with Crippen LogP contribution >= 0.6 is 0 Å². The fourth-order valence-electron chi connectivity index (χ4n) is 6.96. The minimum Gasteiger partial charge on any atom is -0.314 e. The molecule has 0 saturated heterocycles. The minimum absolute atomic E-state index is 1.18. The average Bonchev–Trinajstić information content (AvgIpc) is 3.52. The molecule has 4 nitrogen and oxygen atoms in total. The van der Waals surface area contributed by atoms with Gasteiger partial charge in [-0.3, -0.25) is 0 Å². The second kappa shape index (κ2) is 10.4. The largest absolute Gasteiger partial charge is 0.521 e. The topological polar surface area (TPSA) is 13.0 Å². The van der Waals surface area contributed by atoms with Gasteiger partial charge in [0.25, 0.3) is 0 Å². The molecule has 8 rings (SSSR count). The summed E-state index contributed by atoms with van der Waals surface area (Å²) in [5, 5.41) is 0. The van der Waals surface area contributed by atoms with Crippen LogP contribution in [0.3, 0.4) is 0 Å². The number of benzene rings is 6. The van der Waals surface area contributed by atoms with Gasteiger partial charge in [-0.25, -0.2) is 0 Å². The van der Waals surface area contributed by atoms with E-state index in [0.717, 1.165) is 0 Å². The van der Waals surface area contributed by atoms with Gasteiger partial charge in [0.15, 0.2) is 0 Å². The number of hydrogen-bond donors (Lipinski definition) is 0. The van der Waals surface area contributed by atoms with Gasteiger partial charge in [-0.1, -0.05) is 95.1 Å². The molecular weight excluding hydrogens is 565 g/mol. The normalized spacial score (nSPS) is 14.7. The van der Waals surface area contributed by atoms with Crippen molar-refractivity contribution in [1.82, 2.24) is 0 Å². The van der Waals surface area contributed by atoms with Crippen LogP contribution < -0.4 is 18.3 Å². The first-order valence-corrected chi connectivity index (χ1v) is 17.4. The molecule has 45 heavy (non-hydrogen) atoms. The smallest absolute Gasteiger partial charge is 0.314 e. The Hall–Kier alpha value is -5.26. The maximum Gasteiger partial charge on any atom is 0.521 e. The molecule has 0 radical (unpaired) electrons. The molecule has 0 amide bonds. The first-order valence-electron chi connectivity index (χ1n) is 15.6. The summed E-state index contributed by atoms with van der Waals surface area (Å²) in [6.07, 6.45) is 0. The van der Waals surface area contributed by atoms with Gasteiger partial charge in [0.1, 0.15) is 0 Å². The summed E-state index contributed by atoms with van der Waals surface area (Å²) in [7, 11) is -3.30. The Morgan fingerprint density at radius 2 is 0.489 bits per heavy atom. The summed E-state index contributed by atoms with van der Waals surface area (Å²) in [6, 6.07) is 54.1. The van der Waals surface area contributed by atoms with Gasteiger partial charge < -0.3 is 18.3 Å². The van der Waals surface area contributed by atoms with Crippen molar-refractivity contribution in [3.05, 3.63) is 168 Å². The lowest BCUT2D eigenvalue weighted by molar-refractivity contribution is 1.17. The van der Waals surface area contributed by atoms with Gasteiger partial charge in [-0.2, -0.15) is 0 Å². The molecule has 1 spiro atoms. The molecule has 0 bridgehead atoms. The van der Waals surface area contributed by atoms with E-state index < -0.39 is 8.72 Å². The Labute approximate surface area is 267 Å². The van der Waals surface area contributed by atoms with E-state index in [1.54, 1.807) is 0 Å². The van der Waals surface area contributed by atoms with Crippen molar-refractivity contribution in [3.8, 4) is 0 Å².